The molecule has 200 valence electrons. The van der Waals surface area contributed by atoms with Crippen LogP contribution < -0.4 is 4.74 Å². The van der Waals surface area contributed by atoms with Gasteiger partial charge in [-0.3, -0.25) is 0 Å². The zero-order valence-corrected chi connectivity index (χ0v) is 23.4. The molecule has 0 fully saturated rings. The van der Waals surface area contributed by atoms with Crippen LogP contribution in [0.3, 0.4) is 0 Å². The predicted octanol–water partition coefficient (Wildman–Crippen LogP) is 11.9. The summed E-state index contributed by atoms with van der Waals surface area (Å²) in [5.74, 6) is 1.83. The third-order valence-electron chi connectivity index (χ3n) is 8.86. The quantitative estimate of drug-likeness (QED) is 0.200. The second-order valence-corrected chi connectivity index (χ2v) is 11.2. The van der Waals surface area contributed by atoms with Crippen LogP contribution in [-0.2, 0) is 0 Å². The van der Waals surface area contributed by atoms with Gasteiger partial charge in [0, 0.05) is 10.9 Å². The highest BCUT2D eigenvalue weighted by molar-refractivity contribution is 6.21. The Balaban J connectivity index is 1.30. The molecule has 0 aromatic heterocycles. The van der Waals surface area contributed by atoms with E-state index >= 15 is 0 Å². The van der Waals surface area contributed by atoms with Gasteiger partial charge in [0.25, 0.3) is 0 Å². The normalized spacial score (nSPS) is 11.9. The van der Waals surface area contributed by atoms with E-state index in [1.807, 2.05) is 12.1 Å². The number of benzene rings is 8. The van der Waals surface area contributed by atoms with Crippen LogP contribution in [0, 0.1) is 0 Å². The van der Waals surface area contributed by atoms with Gasteiger partial charge in [0.2, 0.25) is 0 Å². The lowest BCUT2D eigenvalue weighted by molar-refractivity contribution is 0.487. The van der Waals surface area contributed by atoms with E-state index in [0.717, 1.165) is 17.1 Å². The van der Waals surface area contributed by atoms with E-state index in [0.29, 0.717) is 0 Å². The summed E-state index contributed by atoms with van der Waals surface area (Å²) in [6, 6.07) is 56.7. The maximum absolute atomic E-state index is 6.38. The van der Waals surface area contributed by atoms with Gasteiger partial charge in [0.15, 0.2) is 0 Å². The van der Waals surface area contributed by atoms with Gasteiger partial charge >= 0.3 is 0 Å². The van der Waals surface area contributed by atoms with Crippen molar-refractivity contribution in [2.24, 2.45) is 0 Å². The first-order chi connectivity index (χ1) is 21.3. The van der Waals surface area contributed by atoms with Gasteiger partial charge in [-0.1, -0.05) is 140 Å². The summed E-state index contributed by atoms with van der Waals surface area (Å²) in [5.41, 5.74) is 9.78. The molecule has 8 aromatic carbocycles. The first kappa shape index (κ1) is 24.0. The monoisotopic (exact) mass is 546 g/mol. The van der Waals surface area contributed by atoms with E-state index < -0.39 is 0 Å². The van der Waals surface area contributed by atoms with Crippen LogP contribution in [0.1, 0.15) is 0 Å². The zero-order valence-electron chi connectivity index (χ0n) is 23.4. The van der Waals surface area contributed by atoms with Crippen molar-refractivity contribution in [1.82, 2.24) is 0 Å². The molecule has 0 bridgehead atoms. The van der Waals surface area contributed by atoms with E-state index in [-0.39, 0.29) is 0 Å². The molecule has 1 aliphatic rings. The summed E-state index contributed by atoms with van der Waals surface area (Å²) in [7, 11) is 0. The Kier molecular flexibility index (Phi) is 5.27. The van der Waals surface area contributed by atoms with Gasteiger partial charge in [-0.25, -0.2) is 0 Å². The van der Waals surface area contributed by atoms with Crippen LogP contribution >= 0.6 is 0 Å². The lowest BCUT2D eigenvalue weighted by atomic mass is 9.85. The Morgan fingerprint density at radius 2 is 0.814 bits per heavy atom. The molecule has 1 heterocycles. The molecule has 0 saturated carbocycles. The SMILES string of the molecule is c1ccc(-c2c3ccccc3c(-c3cccc(-c4ccc5c6c(cccc46)Oc4ccccc4-5)c3)c3ccccc23)cc1. The number of hydrogen-bond donors (Lipinski definition) is 0. The van der Waals surface area contributed by atoms with Gasteiger partial charge in [0.05, 0.1) is 0 Å². The van der Waals surface area contributed by atoms with Gasteiger partial charge in [-0.05, 0) is 84.1 Å². The van der Waals surface area contributed by atoms with E-state index in [2.05, 4.69) is 146 Å². The van der Waals surface area contributed by atoms with Crippen molar-refractivity contribution in [2.75, 3.05) is 0 Å². The van der Waals surface area contributed by atoms with Crippen LogP contribution in [0.25, 0.3) is 76.8 Å². The Labute approximate surface area is 250 Å². The summed E-state index contributed by atoms with van der Waals surface area (Å²) in [6.07, 6.45) is 0. The molecule has 8 aromatic rings. The molecule has 0 spiro atoms. The van der Waals surface area contributed by atoms with E-state index in [1.165, 1.54) is 71.3 Å². The molecule has 0 N–H and O–H groups in total. The fourth-order valence-corrected chi connectivity index (χ4v) is 7.03. The zero-order chi connectivity index (χ0) is 28.3. The van der Waals surface area contributed by atoms with Crippen molar-refractivity contribution < 1.29 is 4.74 Å². The topological polar surface area (TPSA) is 9.23 Å². The molecule has 9 rings (SSSR count). The minimum absolute atomic E-state index is 0.912. The van der Waals surface area contributed by atoms with E-state index in [4.69, 9.17) is 4.74 Å². The molecule has 0 atom stereocenters. The van der Waals surface area contributed by atoms with Crippen molar-refractivity contribution in [3.63, 3.8) is 0 Å². The average Bonchev–Trinajstić information content (AvgIpc) is 3.08. The maximum atomic E-state index is 6.38. The minimum Gasteiger partial charge on any atom is -0.456 e. The summed E-state index contributed by atoms with van der Waals surface area (Å²) < 4.78 is 6.38. The Hall–Kier alpha value is -5.66. The Morgan fingerprint density at radius 1 is 0.302 bits per heavy atom. The first-order valence-corrected chi connectivity index (χ1v) is 14.8. The first-order valence-electron chi connectivity index (χ1n) is 14.8. The second-order valence-electron chi connectivity index (χ2n) is 11.2. The van der Waals surface area contributed by atoms with Crippen molar-refractivity contribution >= 4 is 32.3 Å². The summed E-state index contributed by atoms with van der Waals surface area (Å²) in [4.78, 5) is 0. The number of ether oxygens (including phenoxy) is 1. The molecule has 1 heteroatoms. The van der Waals surface area contributed by atoms with Crippen LogP contribution in [0.15, 0.2) is 158 Å². The van der Waals surface area contributed by atoms with Crippen molar-refractivity contribution in [1.29, 1.82) is 0 Å². The lowest BCUT2D eigenvalue weighted by Gasteiger charge is -2.22. The standard InChI is InChI=1S/C42H26O/c1-2-12-27(13-3-1)40-33-17-4-6-19-35(33)41(36-20-7-5-18-34(36)40)29-15-10-14-28(26-29)30-24-25-37-31-16-8-9-22-38(31)43-39-23-11-21-32(30)42(37)39/h1-26H. The third-order valence-corrected chi connectivity index (χ3v) is 8.86. The molecule has 43 heavy (non-hydrogen) atoms. The molecule has 0 unspecified atom stereocenters. The van der Waals surface area contributed by atoms with Crippen molar-refractivity contribution in [3.05, 3.63) is 158 Å². The highest BCUT2D eigenvalue weighted by Gasteiger charge is 2.22. The molecular formula is C42H26O. The molecule has 1 nitrogen and oxygen atoms in total. The molecule has 0 saturated heterocycles. The van der Waals surface area contributed by atoms with Crippen LogP contribution in [0.4, 0.5) is 0 Å². The van der Waals surface area contributed by atoms with E-state index in [1.54, 1.807) is 0 Å². The van der Waals surface area contributed by atoms with Crippen LogP contribution in [-0.4, -0.2) is 0 Å². The molecule has 0 radical (unpaired) electrons. The number of para-hydroxylation sites is 1. The third kappa shape index (κ3) is 3.65. The van der Waals surface area contributed by atoms with Gasteiger partial charge in [0.1, 0.15) is 11.5 Å². The maximum Gasteiger partial charge on any atom is 0.135 e. The van der Waals surface area contributed by atoms with E-state index in [9.17, 15) is 0 Å². The minimum atomic E-state index is 0.912. The van der Waals surface area contributed by atoms with Crippen molar-refractivity contribution in [2.45, 2.75) is 0 Å². The lowest BCUT2D eigenvalue weighted by Crippen LogP contribution is -1.97. The largest absolute Gasteiger partial charge is 0.456 e. The summed E-state index contributed by atoms with van der Waals surface area (Å²) >= 11 is 0. The van der Waals surface area contributed by atoms with Gasteiger partial charge in [-0.2, -0.15) is 0 Å². The second kappa shape index (κ2) is 9.44. The van der Waals surface area contributed by atoms with Gasteiger partial charge in [-0.15, -0.1) is 0 Å². The fourth-order valence-electron chi connectivity index (χ4n) is 7.03. The van der Waals surface area contributed by atoms with Crippen molar-refractivity contribution in [3.8, 4) is 56.0 Å². The summed E-state index contributed by atoms with van der Waals surface area (Å²) in [6.45, 7) is 0. The summed E-state index contributed by atoms with van der Waals surface area (Å²) in [5, 5.41) is 7.44. The van der Waals surface area contributed by atoms with Crippen LogP contribution in [0.2, 0.25) is 0 Å². The number of rotatable bonds is 3. The number of hydrogen-bond acceptors (Lipinski definition) is 1. The van der Waals surface area contributed by atoms with Gasteiger partial charge < -0.3 is 4.74 Å². The van der Waals surface area contributed by atoms with Crippen LogP contribution in [0.5, 0.6) is 11.5 Å². The molecular weight excluding hydrogens is 520 g/mol. The molecule has 0 aliphatic carbocycles. The average molecular weight is 547 g/mol. The smallest absolute Gasteiger partial charge is 0.135 e. The highest BCUT2D eigenvalue weighted by Crippen LogP contribution is 2.49. The number of fused-ring (bicyclic) bond motifs is 4. The molecule has 1 aliphatic heterocycles. The predicted molar refractivity (Wildman–Crippen MR) is 181 cm³/mol. The Bertz CT molecular complexity index is 2310. The Morgan fingerprint density at radius 3 is 1.56 bits per heavy atom. The highest BCUT2D eigenvalue weighted by atomic mass is 16.5. The molecule has 0 amide bonds. The fraction of sp³-hybridized carbons (Fsp3) is 0.